The molecule has 0 atom stereocenters. The van der Waals surface area contributed by atoms with E-state index in [2.05, 4.69) is 9.78 Å². The van der Waals surface area contributed by atoms with Crippen molar-refractivity contribution in [2.75, 3.05) is 0 Å². The van der Waals surface area contributed by atoms with Crippen LogP contribution in [0.15, 0.2) is 12.1 Å². The monoisotopic (exact) mass is 220 g/mol. The summed E-state index contributed by atoms with van der Waals surface area (Å²) in [5.41, 5.74) is -0.421. The van der Waals surface area contributed by atoms with E-state index in [-0.39, 0.29) is 10.8 Å². The van der Waals surface area contributed by atoms with Crippen LogP contribution in [0.25, 0.3) is 0 Å². The summed E-state index contributed by atoms with van der Waals surface area (Å²) in [5.74, 6) is -1.94. The van der Waals surface area contributed by atoms with Gasteiger partial charge in [-0.1, -0.05) is 11.6 Å². The lowest BCUT2D eigenvalue weighted by molar-refractivity contribution is -0.145. The first kappa shape index (κ1) is 10.6. The number of benzene rings is 1. The minimum atomic E-state index is -1.37. The summed E-state index contributed by atoms with van der Waals surface area (Å²) in [6, 6.07) is 2.03. The molecule has 1 aromatic carbocycles. The number of hydrogen-bond donors (Lipinski definition) is 3. The number of aromatic carboxylic acids is 1. The van der Waals surface area contributed by atoms with Gasteiger partial charge in [0.15, 0.2) is 11.5 Å². The Labute approximate surface area is 82.7 Å². The van der Waals surface area contributed by atoms with Crippen molar-refractivity contribution in [1.82, 2.24) is 0 Å². The van der Waals surface area contributed by atoms with Crippen LogP contribution in [0.3, 0.4) is 0 Å². The third-order valence-corrected chi connectivity index (χ3v) is 1.74. The van der Waals surface area contributed by atoms with Crippen molar-refractivity contribution in [3.63, 3.8) is 0 Å². The first-order valence-electron chi connectivity index (χ1n) is 3.29. The van der Waals surface area contributed by atoms with Crippen LogP contribution in [-0.2, 0) is 0 Å². The first-order valence-corrected chi connectivity index (χ1v) is 3.67. The topological polar surface area (TPSA) is 96.2 Å². The van der Waals surface area contributed by atoms with Gasteiger partial charge in [0.1, 0.15) is 5.56 Å². The number of carboxylic acid groups (broad SMARTS) is 1. The van der Waals surface area contributed by atoms with Crippen molar-refractivity contribution in [3.05, 3.63) is 22.7 Å². The van der Waals surface area contributed by atoms with Crippen molar-refractivity contribution in [2.45, 2.75) is 0 Å². The van der Waals surface area contributed by atoms with Gasteiger partial charge in [-0.3, -0.25) is 0 Å². The molecule has 0 unspecified atom stereocenters. The molecule has 0 aliphatic rings. The molecule has 0 spiro atoms. The molecule has 0 bridgehead atoms. The largest absolute Gasteiger partial charge is 0.477 e. The van der Waals surface area contributed by atoms with Gasteiger partial charge in [-0.25, -0.2) is 15.3 Å². The van der Waals surface area contributed by atoms with E-state index in [9.17, 15) is 4.79 Å². The molecule has 0 saturated heterocycles. The van der Waals surface area contributed by atoms with Crippen molar-refractivity contribution < 1.29 is 30.2 Å². The third kappa shape index (κ3) is 1.87. The molecular weight excluding hydrogens is 216 g/mol. The second kappa shape index (κ2) is 4.14. The number of carbonyl (C=O) groups is 1. The Kier molecular flexibility index (Phi) is 3.13. The van der Waals surface area contributed by atoms with E-state index in [0.717, 1.165) is 12.1 Å². The van der Waals surface area contributed by atoms with Crippen molar-refractivity contribution >= 4 is 17.6 Å². The van der Waals surface area contributed by atoms with Gasteiger partial charge in [-0.15, -0.1) is 0 Å². The molecule has 3 N–H and O–H groups in total. The van der Waals surface area contributed by atoms with E-state index in [1.54, 1.807) is 0 Å². The summed E-state index contributed by atoms with van der Waals surface area (Å²) in [6.07, 6.45) is 0. The number of carboxylic acids is 1. The summed E-state index contributed by atoms with van der Waals surface area (Å²) < 4.78 is 0. The van der Waals surface area contributed by atoms with E-state index in [0.29, 0.717) is 0 Å². The highest BCUT2D eigenvalue weighted by Gasteiger charge is 2.18. The summed E-state index contributed by atoms with van der Waals surface area (Å²) >= 11 is 5.52. The molecule has 6 nitrogen and oxygen atoms in total. The number of hydrogen-bond acceptors (Lipinski definition) is 5. The lowest BCUT2D eigenvalue weighted by atomic mass is 10.2. The summed E-state index contributed by atoms with van der Waals surface area (Å²) in [4.78, 5) is 18.2. The highest BCUT2D eigenvalue weighted by atomic mass is 35.5. The minimum absolute atomic E-state index is 0.149. The molecule has 76 valence electrons. The van der Waals surface area contributed by atoms with Crippen molar-refractivity contribution in [1.29, 1.82) is 0 Å². The molecule has 0 aliphatic heterocycles. The van der Waals surface area contributed by atoms with Crippen LogP contribution < -0.4 is 9.78 Å². The molecule has 0 aromatic heterocycles. The van der Waals surface area contributed by atoms with E-state index in [1.165, 1.54) is 0 Å². The Morgan fingerprint density at radius 3 is 2.36 bits per heavy atom. The fraction of sp³-hybridized carbons (Fsp3) is 0. The maximum absolute atomic E-state index is 10.6. The van der Waals surface area contributed by atoms with Gasteiger partial charge in [0.05, 0.1) is 5.02 Å². The van der Waals surface area contributed by atoms with Gasteiger partial charge in [-0.2, -0.15) is 0 Å². The smallest absolute Gasteiger partial charge is 0.341 e. The highest BCUT2D eigenvalue weighted by Crippen LogP contribution is 2.31. The molecule has 0 amide bonds. The van der Waals surface area contributed by atoms with Crippen LogP contribution in [0.2, 0.25) is 5.02 Å². The van der Waals surface area contributed by atoms with Crippen molar-refractivity contribution in [2.24, 2.45) is 0 Å². The lowest BCUT2D eigenvalue weighted by Gasteiger charge is -2.05. The molecule has 0 heterocycles. The maximum Gasteiger partial charge on any atom is 0.341 e. The van der Waals surface area contributed by atoms with Crippen LogP contribution >= 0.6 is 11.6 Å². The third-order valence-electron chi connectivity index (χ3n) is 1.45. The van der Waals surface area contributed by atoms with Crippen LogP contribution in [0.4, 0.5) is 0 Å². The standard InChI is InChI=1S/C7H5ClO6/c8-4-1-3(13-11)2-5(14-12)6(4)7(9)10/h1-2,11-12H,(H,9,10). The molecule has 7 heteroatoms. The number of rotatable bonds is 3. The van der Waals surface area contributed by atoms with Gasteiger partial charge >= 0.3 is 5.97 Å². The highest BCUT2D eigenvalue weighted by molar-refractivity contribution is 6.34. The zero-order chi connectivity index (χ0) is 10.7. The van der Waals surface area contributed by atoms with E-state index in [1.807, 2.05) is 0 Å². The Hall–Kier alpha value is -1.50. The quantitative estimate of drug-likeness (QED) is 0.530. The number of halogens is 1. The van der Waals surface area contributed by atoms with E-state index < -0.39 is 17.3 Å². The van der Waals surface area contributed by atoms with Gasteiger partial charge in [0.25, 0.3) is 0 Å². The second-order valence-electron chi connectivity index (χ2n) is 2.27. The zero-order valence-electron chi connectivity index (χ0n) is 6.60. The Balaban J connectivity index is 3.34. The zero-order valence-corrected chi connectivity index (χ0v) is 7.35. The summed E-state index contributed by atoms with van der Waals surface area (Å²) in [6.45, 7) is 0. The molecular formula is C7H5ClO6. The summed E-state index contributed by atoms with van der Waals surface area (Å²) in [7, 11) is 0. The predicted molar refractivity (Wildman–Crippen MR) is 44.9 cm³/mol. The molecule has 0 saturated carbocycles. The second-order valence-corrected chi connectivity index (χ2v) is 2.67. The van der Waals surface area contributed by atoms with Gasteiger partial charge < -0.3 is 14.9 Å². The molecule has 0 radical (unpaired) electrons. The molecule has 1 aromatic rings. The first-order chi connectivity index (χ1) is 6.60. The fourth-order valence-electron chi connectivity index (χ4n) is 0.890. The Morgan fingerprint density at radius 1 is 1.29 bits per heavy atom. The lowest BCUT2D eigenvalue weighted by Crippen LogP contribution is -2.02. The fourth-order valence-corrected chi connectivity index (χ4v) is 1.17. The normalized spacial score (nSPS) is 9.64. The SMILES string of the molecule is O=C(O)c1c(Cl)cc(OO)cc1OO. The average Bonchev–Trinajstić information content (AvgIpc) is 2.15. The van der Waals surface area contributed by atoms with Crippen LogP contribution in [0, 0.1) is 0 Å². The van der Waals surface area contributed by atoms with Crippen LogP contribution in [-0.4, -0.2) is 21.6 Å². The maximum atomic E-state index is 10.6. The molecule has 0 fully saturated rings. The molecule has 14 heavy (non-hydrogen) atoms. The predicted octanol–water partition coefficient (Wildman–Crippen LogP) is 1.74. The summed E-state index contributed by atoms with van der Waals surface area (Å²) in [5, 5.41) is 25.1. The van der Waals surface area contributed by atoms with Crippen LogP contribution in [0.1, 0.15) is 10.4 Å². The van der Waals surface area contributed by atoms with Gasteiger partial charge in [0, 0.05) is 12.1 Å². The van der Waals surface area contributed by atoms with Crippen molar-refractivity contribution in [3.8, 4) is 11.5 Å². The van der Waals surface area contributed by atoms with E-state index in [4.69, 9.17) is 27.2 Å². The average molecular weight is 221 g/mol. The van der Waals surface area contributed by atoms with Gasteiger partial charge in [-0.05, 0) is 0 Å². The molecule has 0 aliphatic carbocycles. The van der Waals surface area contributed by atoms with E-state index >= 15 is 0 Å². The van der Waals surface area contributed by atoms with Crippen LogP contribution in [0.5, 0.6) is 11.5 Å². The Bertz CT molecular complexity index is 363. The van der Waals surface area contributed by atoms with Gasteiger partial charge in [0.2, 0.25) is 0 Å². The Morgan fingerprint density at radius 2 is 1.93 bits per heavy atom. The minimum Gasteiger partial charge on any atom is -0.477 e. The molecule has 1 rings (SSSR count).